The highest BCUT2D eigenvalue weighted by Crippen LogP contribution is 2.40. The first kappa shape index (κ1) is 14.1. The fourth-order valence-electron chi connectivity index (χ4n) is 4.50. The number of benzene rings is 1. The number of fused-ring (bicyclic) bond motifs is 2. The van der Waals surface area contributed by atoms with Crippen molar-refractivity contribution in [3.05, 3.63) is 35.4 Å². The Hall–Kier alpha value is -0.860. The second-order valence-electron chi connectivity index (χ2n) is 6.68. The molecule has 0 spiro atoms. The Morgan fingerprint density at radius 2 is 1.80 bits per heavy atom. The highest BCUT2D eigenvalue weighted by Gasteiger charge is 2.40. The summed E-state index contributed by atoms with van der Waals surface area (Å²) in [6, 6.07) is 11.7. The Morgan fingerprint density at radius 3 is 2.40 bits per heavy atom. The first-order chi connectivity index (χ1) is 9.70. The van der Waals surface area contributed by atoms with Gasteiger partial charge in [0.25, 0.3) is 0 Å². The van der Waals surface area contributed by atoms with Crippen molar-refractivity contribution in [2.45, 2.75) is 70.1 Å². The van der Waals surface area contributed by atoms with Crippen LogP contribution in [-0.4, -0.2) is 30.1 Å². The van der Waals surface area contributed by atoms with Gasteiger partial charge in [-0.2, -0.15) is 0 Å². The number of aryl methyl sites for hydroxylation is 1. The maximum absolute atomic E-state index is 3.52. The van der Waals surface area contributed by atoms with E-state index in [9.17, 15) is 0 Å². The van der Waals surface area contributed by atoms with E-state index in [2.05, 4.69) is 55.4 Å². The Balaban J connectivity index is 1.84. The molecule has 2 bridgehead atoms. The van der Waals surface area contributed by atoms with Gasteiger partial charge in [-0.1, -0.05) is 30.7 Å². The Morgan fingerprint density at radius 1 is 1.15 bits per heavy atom. The minimum Gasteiger partial charge on any atom is -0.317 e. The van der Waals surface area contributed by atoms with Crippen LogP contribution in [0.2, 0.25) is 0 Å². The van der Waals surface area contributed by atoms with Gasteiger partial charge in [-0.25, -0.2) is 0 Å². The van der Waals surface area contributed by atoms with Crippen LogP contribution >= 0.6 is 0 Å². The monoisotopic (exact) mass is 272 g/mol. The van der Waals surface area contributed by atoms with Gasteiger partial charge in [0.1, 0.15) is 0 Å². The van der Waals surface area contributed by atoms with E-state index >= 15 is 0 Å². The van der Waals surface area contributed by atoms with Gasteiger partial charge in [0.05, 0.1) is 0 Å². The third-order valence-electron chi connectivity index (χ3n) is 5.53. The molecular weight excluding hydrogens is 244 g/mol. The predicted octanol–water partition coefficient (Wildman–Crippen LogP) is 3.66. The van der Waals surface area contributed by atoms with Crippen LogP contribution in [0.15, 0.2) is 24.3 Å². The van der Waals surface area contributed by atoms with Gasteiger partial charge < -0.3 is 5.32 Å². The summed E-state index contributed by atoms with van der Waals surface area (Å²) in [7, 11) is 2.13. The summed E-state index contributed by atoms with van der Waals surface area (Å²) < 4.78 is 0. The molecule has 0 saturated carbocycles. The lowest BCUT2D eigenvalue weighted by Gasteiger charge is -2.52. The molecule has 2 saturated heterocycles. The molecule has 3 atom stereocenters. The van der Waals surface area contributed by atoms with E-state index in [1.807, 2.05) is 0 Å². The van der Waals surface area contributed by atoms with Gasteiger partial charge in [-0.3, -0.25) is 4.90 Å². The molecule has 110 valence electrons. The van der Waals surface area contributed by atoms with E-state index in [-0.39, 0.29) is 0 Å². The maximum atomic E-state index is 3.52. The van der Waals surface area contributed by atoms with Gasteiger partial charge in [-0.15, -0.1) is 0 Å². The maximum Gasteiger partial charge on any atom is 0.0328 e. The Bertz CT molecular complexity index is 442. The van der Waals surface area contributed by atoms with E-state index in [0.29, 0.717) is 6.04 Å². The second-order valence-corrected chi connectivity index (χ2v) is 6.68. The fourth-order valence-corrected chi connectivity index (χ4v) is 4.50. The van der Waals surface area contributed by atoms with E-state index in [1.54, 1.807) is 0 Å². The first-order valence-electron chi connectivity index (χ1n) is 8.21. The molecule has 2 aliphatic heterocycles. The van der Waals surface area contributed by atoms with Crippen molar-refractivity contribution in [2.24, 2.45) is 0 Å². The summed E-state index contributed by atoms with van der Waals surface area (Å²) in [5, 5.41) is 3.52. The van der Waals surface area contributed by atoms with Crippen LogP contribution in [0.1, 0.15) is 56.2 Å². The molecule has 1 N–H and O–H groups in total. The van der Waals surface area contributed by atoms with Crippen LogP contribution in [0.4, 0.5) is 0 Å². The highest BCUT2D eigenvalue weighted by molar-refractivity contribution is 5.29. The third kappa shape index (κ3) is 2.51. The Labute approximate surface area is 123 Å². The lowest BCUT2D eigenvalue weighted by atomic mass is 9.80. The van der Waals surface area contributed by atoms with Crippen LogP contribution in [0, 0.1) is 6.92 Å². The van der Waals surface area contributed by atoms with Gasteiger partial charge >= 0.3 is 0 Å². The van der Waals surface area contributed by atoms with Crippen LogP contribution < -0.4 is 5.32 Å². The zero-order valence-electron chi connectivity index (χ0n) is 13.1. The molecule has 0 aliphatic carbocycles. The average molecular weight is 272 g/mol. The van der Waals surface area contributed by atoms with Crippen LogP contribution in [0.3, 0.4) is 0 Å². The number of hydrogen-bond acceptors (Lipinski definition) is 2. The molecule has 0 amide bonds. The zero-order valence-corrected chi connectivity index (χ0v) is 13.1. The number of nitrogens with zero attached hydrogens (tertiary/aromatic N) is 1. The summed E-state index contributed by atoms with van der Waals surface area (Å²) >= 11 is 0. The van der Waals surface area contributed by atoms with Crippen molar-refractivity contribution >= 4 is 0 Å². The van der Waals surface area contributed by atoms with Crippen molar-refractivity contribution in [3.8, 4) is 0 Å². The van der Waals surface area contributed by atoms with Crippen molar-refractivity contribution < 1.29 is 0 Å². The molecule has 2 heteroatoms. The highest BCUT2D eigenvalue weighted by atomic mass is 15.2. The minimum absolute atomic E-state index is 0.560. The van der Waals surface area contributed by atoms with Crippen LogP contribution in [-0.2, 0) is 0 Å². The largest absolute Gasteiger partial charge is 0.317 e. The predicted molar refractivity (Wildman–Crippen MR) is 84.9 cm³/mol. The van der Waals surface area contributed by atoms with Crippen molar-refractivity contribution in [1.29, 1.82) is 0 Å². The number of nitrogens with one attached hydrogen (secondary N) is 1. The molecule has 0 aromatic heterocycles. The molecule has 2 aliphatic rings. The zero-order chi connectivity index (χ0) is 14.1. The molecule has 20 heavy (non-hydrogen) atoms. The summed E-state index contributed by atoms with van der Waals surface area (Å²) in [6.07, 6.45) is 6.82. The topological polar surface area (TPSA) is 15.3 Å². The quantitative estimate of drug-likeness (QED) is 0.903. The average Bonchev–Trinajstić information content (AvgIpc) is 2.45. The number of piperidine rings is 2. The van der Waals surface area contributed by atoms with Gasteiger partial charge in [-0.05, 0) is 57.7 Å². The van der Waals surface area contributed by atoms with E-state index in [1.165, 1.54) is 43.2 Å². The molecule has 2 heterocycles. The molecule has 3 rings (SSSR count). The number of rotatable bonds is 3. The second kappa shape index (κ2) is 5.87. The van der Waals surface area contributed by atoms with Gasteiger partial charge in [0.2, 0.25) is 0 Å². The molecule has 3 unspecified atom stereocenters. The lowest BCUT2D eigenvalue weighted by Crippen LogP contribution is -2.56. The van der Waals surface area contributed by atoms with Crippen LogP contribution in [0.5, 0.6) is 0 Å². The molecular formula is C18H28N2. The van der Waals surface area contributed by atoms with E-state index in [4.69, 9.17) is 0 Å². The SMILES string of the molecule is CNC1CC2CCCC(C1)N2C(C)c1ccccc1C. The van der Waals surface area contributed by atoms with E-state index < -0.39 is 0 Å². The summed E-state index contributed by atoms with van der Waals surface area (Å²) in [6.45, 7) is 4.66. The summed E-state index contributed by atoms with van der Waals surface area (Å²) in [4.78, 5) is 2.83. The van der Waals surface area contributed by atoms with Gasteiger partial charge in [0.15, 0.2) is 0 Å². The normalized spacial score (nSPS) is 32.0. The van der Waals surface area contributed by atoms with Gasteiger partial charge in [0, 0.05) is 24.2 Å². The third-order valence-corrected chi connectivity index (χ3v) is 5.53. The van der Waals surface area contributed by atoms with Crippen molar-refractivity contribution in [1.82, 2.24) is 10.2 Å². The fraction of sp³-hybridized carbons (Fsp3) is 0.667. The molecule has 1 aromatic carbocycles. The minimum atomic E-state index is 0.560. The van der Waals surface area contributed by atoms with Crippen molar-refractivity contribution in [3.63, 3.8) is 0 Å². The standard InChI is InChI=1S/C18H28N2/c1-13-7-4-5-10-18(13)14(2)20-16-8-6-9-17(20)12-15(11-16)19-3/h4-5,7,10,14-17,19H,6,8-9,11-12H2,1-3H3. The first-order valence-corrected chi connectivity index (χ1v) is 8.21. The van der Waals surface area contributed by atoms with Crippen molar-refractivity contribution in [2.75, 3.05) is 7.05 Å². The summed E-state index contributed by atoms with van der Waals surface area (Å²) in [5.41, 5.74) is 2.96. The lowest BCUT2D eigenvalue weighted by molar-refractivity contribution is -0.00532. The molecule has 0 radical (unpaired) electrons. The summed E-state index contributed by atoms with van der Waals surface area (Å²) in [5.74, 6) is 0. The molecule has 2 nitrogen and oxygen atoms in total. The van der Waals surface area contributed by atoms with E-state index in [0.717, 1.165) is 18.1 Å². The molecule has 1 aromatic rings. The molecule has 2 fully saturated rings. The smallest absolute Gasteiger partial charge is 0.0328 e. The van der Waals surface area contributed by atoms with Crippen LogP contribution in [0.25, 0.3) is 0 Å². The Kier molecular flexibility index (Phi) is 4.13. The number of hydrogen-bond donors (Lipinski definition) is 1.